The first-order chi connectivity index (χ1) is 8.70. The maximum absolute atomic E-state index is 6.27. The Bertz CT molecular complexity index is 511. The van der Waals surface area contributed by atoms with Crippen molar-refractivity contribution in [2.45, 2.75) is 12.4 Å². The fraction of sp³-hybridized carbons (Fsp3) is 0.200. The second-order valence-corrected chi connectivity index (χ2v) is 4.94. The molecule has 18 heavy (non-hydrogen) atoms. The van der Waals surface area contributed by atoms with Crippen LogP contribution in [-0.2, 0) is 12.4 Å². The van der Waals surface area contributed by atoms with E-state index in [1.807, 2.05) is 43.4 Å². The van der Waals surface area contributed by atoms with Crippen LogP contribution in [0, 0.1) is 0 Å². The summed E-state index contributed by atoms with van der Waals surface area (Å²) in [4.78, 5) is 2.13. The van der Waals surface area contributed by atoms with E-state index in [0.717, 1.165) is 22.8 Å². The van der Waals surface area contributed by atoms with Crippen LogP contribution >= 0.6 is 23.2 Å². The number of anilines is 1. The number of hydrogen-bond donors (Lipinski definition) is 0. The molecule has 0 saturated carbocycles. The van der Waals surface area contributed by atoms with Gasteiger partial charge in [0, 0.05) is 19.5 Å². The quantitative estimate of drug-likeness (QED) is 0.733. The Morgan fingerprint density at radius 2 is 1.72 bits per heavy atom. The van der Waals surface area contributed by atoms with Gasteiger partial charge in [-0.25, -0.2) is 0 Å². The highest BCUT2D eigenvalue weighted by atomic mass is 35.5. The van der Waals surface area contributed by atoms with Crippen molar-refractivity contribution in [3.05, 3.63) is 64.7 Å². The molecule has 0 spiro atoms. The highest BCUT2D eigenvalue weighted by Crippen LogP contribution is 2.27. The molecular weight excluding hydrogens is 265 g/mol. The standard InChI is InChI=1S/C15H15Cl2N/c1-18(11-12-5-3-2-4-6-12)15-8-7-13(10-16)9-14(15)17/h2-9H,10-11H2,1H3. The highest BCUT2D eigenvalue weighted by molar-refractivity contribution is 6.33. The van der Waals surface area contributed by atoms with Gasteiger partial charge in [-0.2, -0.15) is 0 Å². The zero-order valence-corrected chi connectivity index (χ0v) is 11.7. The molecule has 0 aromatic heterocycles. The summed E-state index contributed by atoms with van der Waals surface area (Å²) in [5.41, 5.74) is 3.32. The van der Waals surface area contributed by atoms with Gasteiger partial charge in [-0.3, -0.25) is 0 Å². The van der Waals surface area contributed by atoms with Gasteiger partial charge in [0.1, 0.15) is 0 Å². The van der Waals surface area contributed by atoms with Gasteiger partial charge in [-0.1, -0.05) is 48.0 Å². The molecule has 3 heteroatoms. The van der Waals surface area contributed by atoms with E-state index in [2.05, 4.69) is 17.0 Å². The molecule has 94 valence electrons. The fourth-order valence-corrected chi connectivity index (χ4v) is 2.40. The van der Waals surface area contributed by atoms with Gasteiger partial charge in [0.25, 0.3) is 0 Å². The Hall–Kier alpha value is -1.18. The van der Waals surface area contributed by atoms with Gasteiger partial charge < -0.3 is 4.90 Å². The molecule has 0 aliphatic heterocycles. The molecule has 0 aliphatic rings. The fourth-order valence-electron chi connectivity index (χ4n) is 1.89. The minimum absolute atomic E-state index is 0.488. The smallest absolute Gasteiger partial charge is 0.0642 e. The molecule has 2 aromatic rings. The van der Waals surface area contributed by atoms with Gasteiger partial charge >= 0.3 is 0 Å². The lowest BCUT2D eigenvalue weighted by molar-refractivity contribution is 0.923. The Balaban J connectivity index is 2.16. The molecule has 0 fully saturated rings. The first-order valence-electron chi connectivity index (χ1n) is 5.80. The van der Waals surface area contributed by atoms with E-state index in [1.54, 1.807) is 0 Å². The lowest BCUT2D eigenvalue weighted by atomic mass is 10.2. The normalized spacial score (nSPS) is 10.4. The summed E-state index contributed by atoms with van der Waals surface area (Å²) < 4.78 is 0. The van der Waals surface area contributed by atoms with Gasteiger partial charge in [-0.15, -0.1) is 11.6 Å². The summed E-state index contributed by atoms with van der Waals surface area (Å²) in [5, 5.41) is 0.742. The average molecular weight is 280 g/mol. The molecule has 0 heterocycles. The largest absolute Gasteiger partial charge is 0.369 e. The molecule has 0 unspecified atom stereocenters. The van der Waals surface area contributed by atoms with E-state index in [0.29, 0.717) is 5.88 Å². The number of alkyl halides is 1. The topological polar surface area (TPSA) is 3.24 Å². The maximum atomic E-state index is 6.27. The van der Waals surface area contributed by atoms with Crippen molar-refractivity contribution in [2.24, 2.45) is 0 Å². The van der Waals surface area contributed by atoms with E-state index in [1.165, 1.54) is 5.56 Å². The molecule has 0 radical (unpaired) electrons. The summed E-state index contributed by atoms with van der Waals surface area (Å²) >= 11 is 12.1. The van der Waals surface area contributed by atoms with Gasteiger partial charge in [-0.05, 0) is 23.3 Å². The Labute approximate surface area is 118 Å². The number of nitrogens with zero attached hydrogens (tertiary/aromatic N) is 1. The van der Waals surface area contributed by atoms with Crippen LogP contribution in [0.4, 0.5) is 5.69 Å². The highest BCUT2D eigenvalue weighted by Gasteiger charge is 2.07. The first kappa shape index (κ1) is 13.3. The molecule has 0 N–H and O–H groups in total. The van der Waals surface area contributed by atoms with Crippen molar-refractivity contribution in [3.8, 4) is 0 Å². The lowest BCUT2D eigenvalue weighted by Gasteiger charge is -2.21. The summed E-state index contributed by atoms with van der Waals surface area (Å²) in [6, 6.07) is 16.3. The molecule has 0 saturated heterocycles. The average Bonchev–Trinajstić information content (AvgIpc) is 2.39. The number of rotatable bonds is 4. The predicted octanol–water partition coefficient (Wildman–Crippen LogP) is 4.72. The van der Waals surface area contributed by atoms with Crippen LogP contribution in [-0.4, -0.2) is 7.05 Å². The minimum Gasteiger partial charge on any atom is -0.369 e. The third-order valence-corrected chi connectivity index (χ3v) is 3.45. The van der Waals surface area contributed by atoms with Crippen molar-refractivity contribution in [2.75, 3.05) is 11.9 Å². The van der Waals surface area contributed by atoms with Crippen LogP contribution in [0.25, 0.3) is 0 Å². The van der Waals surface area contributed by atoms with E-state index in [4.69, 9.17) is 23.2 Å². The lowest BCUT2D eigenvalue weighted by Crippen LogP contribution is -2.16. The number of hydrogen-bond acceptors (Lipinski definition) is 1. The molecule has 0 amide bonds. The summed E-state index contributed by atoms with van der Waals surface area (Å²) in [7, 11) is 2.04. The number of halogens is 2. The molecule has 1 nitrogen and oxygen atoms in total. The second kappa shape index (κ2) is 6.12. The summed E-state index contributed by atoms with van der Waals surface area (Å²) in [6.07, 6.45) is 0. The summed E-state index contributed by atoms with van der Waals surface area (Å²) in [5.74, 6) is 0.488. The summed E-state index contributed by atoms with van der Waals surface area (Å²) in [6.45, 7) is 0.834. The van der Waals surface area contributed by atoms with E-state index < -0.39 is 0 Å². The predicted molar refractivity (Wildman–Crippen MR) is 79.6 cm³/mol. The molecule has 2 rings (SSSR count). The number of benzene rings is 2. The molecule has 0 atom stereocenters. The monoisotopic (exact) mass is 279 g/mol. The Morgan fingerprint density at radius 1 is 1.00 bits per heavy atom. The van der Waals surface area contributed by atoms with Crippen LogP contribution in [0.1, 0.15) is 11.1 Å². The van der Waals surface area contributed by atoms with Crippen LogP contribution in [0.3, 0.4) is 0 Å². The van der Waals surface area contributed by atoms with E-state index in [-0.39, 0.29) is 0 Å². The second-order valence-electron chi connectivity index (χ2n) is 4.26. The van der Waals surface area contributed by atoms with Crippen molar-refractivity contribution in [1.82, 2.24) is 0 Å². The van der Waals surface area contributed by atoms with Gasteiger partial charge in [0.2, 0.25) is 0 Å². The Kier molecular flexibility index (Phi) is 4.51. The molecule has 0 aliphatic carbocycles. The van der Waals surface area contributed by atoms with Crippen LogP contribution in [0.2, 0.25) is 5.02 Å². The van der Waals surface area contributed by atoms with Gasteiger partial charge in [0.05, 0.1) is 10.7 Å². The molecule has 2 aromatic carbocycles. The van der Waals surface area contributed by atoms with Crippen molar-refractivity contribution >= 4 is 28.9 Å². The van der Waals surface area contributed by atoms with Crippen molar-refractivity contribution in [3.63, 3.8) is 0 Å². The van der Waals surface area contributed by atoms with E-state index in [9.17, 15) is 0 Å². The third kappa shape index (κ3) is 3.18. The van der Waals surface area contributed by atoms with Gasteiger partial charge in [0.15, 0.2) is 0 Å². The molecular formula is C15H15Cl2N. The van der Waals surface area contributed by atoms with Crippen molar-refractivity contribution < 1.29 is 0 Å². The first-order valence-corrected chi connectivity index (χ1v) is 6.71. The minimum atomic E-state index is 0.488. The van der Waals surface area contributed by atoms with Crippen LogP contribution < -0.4 is 4.90 Å². The van der Waals surface area contributed by atoms with Crippen LogP contribution in [0.5, 0.6) is 0 Å². The third-order valence-electron chi connectivity index (χ3n) is 2.84. The van der Waals surface area contributed by atoms with Crippen LogP contribution in [0.15, 0.2) is 48.5 Å². The maximum Gasteiger partial charge on any atom is 0.0642 e. The zero-order valence-electron chi connectivity index (χ0n) is 10.2. The molecule has 0 bridgehead atoms. The van der Waals surface area contributed by atoms with E-state index >= 15 is 0 Å². The SMILES string of the molecule is CN(Cc1ccccc1)c1ccc(CCl)cc1Cl. The van der Waals surface area contributed by atoms with Crippen molar-refractivity contribution in [1.29, 1.82) is 0 Å². The Morgan fingerprint density at radius 3 is 2.33 bits per heavy atom. The zero-order chi connectivity index (χ0) is 13.0.